The van der Waals surface area contributed by atoms with Gasteiger partial charge in [0.25, 0.3) is 0 Å². The Hall–Kier alpha value is -1.58. The zero-order valence-electron chi connectivity index (χ0n) is 18.1. The molecule has 1 fully saturated rings. The van der Waals surface area contributed by atoms with E-state index in [1.807, 2.05) is 20.8 Å². The third kappa shape index (κ3) is 5.18. The van der Waals surface area contributed by atoms with Gasteiger partial charge in [-0.15, -0.1) is 11.8 Å². The van der Waals surface area contributed by atoms with Crippen molar-refractivity contribution in [3.05, 3.63) is 18.2 Å². The Morgan fingerprint density at radius 1 is 1.23 bits per heavy atom. The second-order valence-electron chi connectivity index (χ2n) is 8.55. The van der Waals surface area contributed by atoms with Crippen molar-refractivity contribution in [2.45, 2.75) is 68.0 Å². The average Bonchev–Trinajstić information content (AvgIpc) is 2.77. The normalized spacial score (nSPS) is 21.4. The lowest BCUT2D eigenvalue weighted by molar-refractivity contribution is -0.124. The maximum Gasteiger partial charge on any atom is 0.243 e. The summed E-state index contributed by atoms with van der Waals surface area (Å²) in [6.07, 6.45) is 1.98. The number of fused-ring (bicyclic) bond motifs is 1. The monoisotopic (exact) mass is 453 g/mol. The highest BCUT2D eigenvalue weighted by molar-refractivity contribution is 8.00. The van der Waals surface area contributed by atoms with E-state index in [1.165, 1.54) is 21.0 Å². The second kappa shape index (κ2) is 9.28. The SMILES string of the molecule is CC1CCN(S(=O)(=O)c2ccc3c(c2)N(CC(=O)NC(C)C)C(=O)CC(C)S3)CC1. The number of piperidine rings is 1. The van der Waals surface area contributed by atoms with Crippen LogP contribution >= 0.6 is 11.8 Å². The van der Waals surface area contributed by atoms with E-state index in [2.05, 4.69) is 12.2 Å². The van der Waals surface area contributed by atoms with Gasteiger partial charge >= 0.3 is 0 Å². The van der Waals surface area contributed by atoms with E-state index in [1.54, 1.807) is 18.2 Å². The molecule has 30 heavy (non-hydrogen) atoms. The first kappa shape index (κ1) is 23.1. The number of carbonyl (C=O) groups is 2. The Balaban J connectivity index is 1.96. The molecular formula is C21H31N3O4S2. The summed E-state index contributed by atoms with van der Waals surface area (Å²) >= 11 is 1.53. The van der Waals surface area contributed by atoms with Gasteiger partial charge in [-0.25, -0.2) is 8.42 Å². The minimum atomic E-state index is -3.65. The van der Waals surface area contributed by atoms with Crippen LogP contribution in [0.3, 0.4) is 0 Å². The summed E-state index contributed by atoms with van der Waals surface area (Å²) in [4.78, 5) is 27.7. The Kier molecular flexibility index (Phi) is 7.14. The molecule has 166 valence electrons. The molecule has 2 aliphatic heterocycles. The van der Waals surface area contributed by atoms with Crippen LogP contribution in [0.25, 0.3) is 0 Å². The first-order valence-electron chi connectivity index (χ1n) is 10.5. The first-order valence-corrected chi connectivity index (χ1v) is 12.8. The zero-order valence-corrected chi connectivity index (χ0v) is 19.7. The summed E-state index contributed by atoms with van der Waals surface area (Å²) in [6.45, 7) is 8.70. The van der Waals surface area contributed by atoms with Crippen molar-refractivity contribution in [2.24, 2.45) is 5.92 Å². The third-order valence-corrected chi connectivity index (χ3v) is 8.51. The molecule has 0 saturated carbocycles. The molecule has 1 unspecified atom stereocenters. The number of carbonyl (C=O) groups excluding carboxylic acids is 2. The van der Waals surface area contributed by atoms with Gasteiger partial charge in [0, 0.05) is 35.7 Å². The lowest BCUT2D eigenvalue weighted by Gasteiger charge is -2.30. The molecule has 7 nitrogen and oxygen atoms in total. The molecule has 9 heteroatoms. The average molecular weight is 454 g/mol. The van der Waals surface area contributed by atoms with Crippen molar-refractivity contribution < 1.29 is 18.0 Å². The van der Waals surface area contributed by atoms with Gasteiger partial charge < -0.3 is 10.2 Å². The van der Waals surface area contributed by atoms with Crippen LogP contribution in [-0.4, -0.2) is 55.5 Å². The lowest BCUT2D eigenvalue weighted by Crippen LogP contribution is -2.43. The van der Waals surface area contributed by atoms with Gasteiger partial charge in [-0.1, -0.05) is 13.8 Å². The fourth-order valence-electron chi connectivity index (χ4n) is 3.78. The lowest BCUT2D eigenvalue weighted by atomic mass is 10.0. The van der Waals surface area contributed by atoms with E-state index >= 15 is 0 Å². The van der Waals surface area contributed by atoms with Crippen molar-refractivity contribution >= 4 is 39.3 Å². The van der Waals surface area contributed by atoms with Crippen LogP contribution in [0.1, 0.15) is 47.0 Å². The molecule has 1 aromatic carbocycles. The van der Waals surface area contributed by atoms with Crippen LogP contribution in [0.2, 0.25) is 0 Å². The van der Waals surface area contributed by atoms with Crippen molar-refractivity contribution in [2.75, 3.05) is 24.5 Å². The molecule has 2 amide bonds. The first-order chi connectivity index (χ1) is 14.1. The van der Waals surface area contributed by atoms with E-state index < -0.39 is 10.0 Å². The highest BCUT2D eigenvalue weighted by Gasteiger charge is 2.32. The highest BCUT2D eigenvalue weighted by Crippen LogP contribution is 2.39. The van der Waals surface area contributed by atoms with Crippen molar-refractivity contribution in [1.82, 2.24) is 9.62 Å². The Morgan fingerprint density at radius 2 is 1.90 bits per heavy atom. The summed E-state index contributed by atoms with van der Waals surface area (Å²) in [5.41, 5.74) is 0.500. The zero-order chi connectivity index (χ0) is 22.1. The quantitative estimate of drug-likeness (QED) is 0.741. The van der Waals surface area contributed by atoms with Gasteiger partial charge in [0.15, 0.2) is 0 Å². The van der Waals surface area contributed by atoms with Crippen LogP contribution < -0.4 is 10.2 Å². The number of thioether (sulfide) groups is 1. The molecule has 0 aromatic heterocycles. The largest absolute Gasteiger partial charge is 0.352 e. The number of rotatable bonds is 5. The molecule has 1 atom stereocenters. The molecule has 0 radical (unpaired) electrons. The van der Waals surface area contributed by atoms with Crippen LogP contribution in [0.4, 0.5) is 5.69 Å². The number of sulfonamides is 1. The van der Waals surface area contributed by atoms with Crippen LogP contribution in [-0.2, 0) is 19.6 Å². The standard InChI is InChI=1S/C21H31N3O4S2/c1-14(2)22-20(25)13-24-18-12-17(5-6-19(18)29-16(4)11-21(24)26)30(27,28)23-9-7-15(3)8-10-23/h5-6,12,14-16H,7-11,13H2,1-4H3,(H,22,25). The Morgan fingerprint density at radius 3 is 2.53 bits per heavy atom. The number of amides is 2. The summed E-state index contributed by atoms with van der Waals surface area (Å²) in [7, 11) is -3.65. The van der Waals surface area contributed by atoms with Gasteiger partial charge in [0.1, 0.15) is 6.54 Å². The summed E-state index contributed by atoms with van der Waals surface area (Å²) in [5.74, 6) is 0.0881. The van der Waals surface area contributed by atoms with E-state index in [0.717, 1.165) is 17.7 Å². The maximum absolute atomic E-state index is 13.2. The number of nitrogens with zero attached hydrogens (tertiary/aromatic N) is 2. The van der Waals surface area contributed by atoms with Crippen LogP contribution in [0, 0.1) is 5.92 Å². The van der Waals surface area contributed by atoms with E-state index in [-0.39, 0.29) is 34.5 Å². The molecule has 0 aliphatic carbocycles. The van der Waals surface area contributed by atoms with Crippen LogP contribution in [0.5, 0.6) is 0 Å². The molecule has 1 saturated heterocycles. The highest BCUT2D eigenvalue weighted by atomic mass is 32.2. The number of hydrogen-bond donors (Lipinski definition) is 1. The van der Waals surface area contributed by atoms with Gasteiger partial charge in [0.05, 0.1) is 10.6 Å². The fourth-order valence-corrected chi connectivity index (χ4v) is 6.36. The van der Waals surface area contributed by atoms with Gasteiger partial charge in [-0.05, 0) is 50.8 Å². The molecule has 1 N–H and O–H groups in total. The number of anilines is 1. The Labute approximate surface area is 183 Å². The third-order valence-electron chi connectivity index (χ3n) is 5.44. The van der Waals surface area contributed by atoms with Crippen molar-refractivity contribution in [1.29, 1.82) is 0 Å². The molecule has 0 bridgehead atoms. The predicted octanol–water partition coefficient (Wildman–Crippen LogP) is 2.85. The summed E-state index contributed by atoms with van der Waals surface area (Å²) < 4.78 is 28.0. The van der Waals surface area contributed by atoms with Crippen LogP contribution in [0.15, 0.2) is 28.0 Å². The van der Waals surface area contributed by atoms with Crippen molar-refractivity contribution in [3.8, 4) is 0 Å². The number of benzene rings is 1. The predicted molar refractivity (Wildman–Crippen MR) is 119 cm³/mol. The molecule has 1 aromatic rings. The molecular weight excluding hydrogens is 422 g/mol. The molecule has 3 rings (SSSR count). The van der Waals surface area contributed by atoms with Gasteiger partial charge in [0.2, 0.25) is 21.8 Å². The fraction of sp³-hybridized carbons (Fsp3) is 0.619. The maximum atomic E-state index is 13.2. The van der Waals surface area contributed by atoms with Gasteiger partial charge in [-0.2, -0.15) is 4.31 Å². The smallest absolute Gasteiger partial charge is 0.243 e. The summed E-state index contributed by atoms with van der Waals surface area (Å²) in [5, 5.41) is 2.85. The minimum absolute atomic E-state index is 0.0412. The van der Waals surface area contributed by atoms with Gasteiger partial charge in [-0.3, -0.25) is 9.59 Å². The Bertz CT molecular complexity index is 909. The topological polar surface area (TPSA) is 86.8 Å². The second-order valence-corrected chi connectivity index (χ2v) is 12.0. The van der Waals surface area contributed by atoms with Crippen molar-refractivity contribution in [3.63, 3.8) is 0 Å². The molecule has 2 aliphatic rings. The molecule has 0 spiro atoms. The van der Waals surface area contributed by atoms with E-state index in [4.69, 9.17) is 0 Å². The number of nitrogens with one attached hydrogen (secondary N) is 1. The summed E-state index contributed by atoms with van der Waals surface area (Å²) in [6, 6.07) is 4.91. The van der Waals surface area contributed by atoms with E-state index in [9.17, 15) is 18.0 Å². The minimum Gasteiger partial charge on any atom is -0.352 e. The molecule has 2 heterocycles. The number of hydrogen-bond acceptors (Lipinski definition) is 5. The van der Waals surface area contributed by atoms with E-state index in [0.29, 0.717) is 31.1 Å².